The van der Waals surface area contributed by atoms with Crippen molar-refractivity contribution in [3.05, 3.63) is 65.6 Å². The molecule has 1 saturated heterocycles. The number of hydrogen-bond donors (Lipinski definition) is 2. The monoisotopic (exact) mass is 441 g/mol. The first kappa shape index (κ1) is 21.6. The Kier molecular flexibility index (Phi) is 5.87. The Balaban J connectivity index is 1.39. The van der Waals surface area contributed by atoms with Crippen LogP contribution in [0.25, 0.3) is 33.3 Å². The molecule has 4 heterocycles. The van der Waals surface area contributed by atoms with Crippen LogP contribution in [0.2, 0.25) is 0 Å². The quantitative estimate of drug-likeness (QED) is 0.482. The first-order valence-corrected chi connectivity index (χ1v) is 11.6. The highest BCUT2D eigenvalue weighted by atomic mass is 16.3. The molecule has 0 saturated carbocycles. The Morgan fingerprint density at radius 3 is 2.27 bits per heavy atom. The van der Waals surface area contributed by atoms with Crippen LogP contribution in [0, 0.1) is 20.8 Å². The zero-order chi connectivity index (χ0) is 22.9. The molecule has 5 rings (SSSR count). The summed E-state index contributed by atoms with van der Waals surface area (Å²) in [7, 11) is 0. The second-order valence-electron chi connectivity index (χ2n) is 8.98. The SMILES string of the molecule is Cc1cc(-c2[nH]c3cc(-c4ccc(N5CCN(CCO)CC5)nc4)ccc3c2C)cc(C)n1. The van der Waals surface area contributed by atoms with E-state index >= 15 is 0 Å². The van der Waals surface area contributed by atoms with Crippen molar-refractivity contribution < 1.29 is 5.11 Å². The summed E-state index contributed by atoms with van der Waals surface area (Å²) in [5, 5.41) is 10.4. The third kappa shape index (κ3) is 4.36. The van der Waals surface area contributed by atoms with Gasteiger partial charge < -0.3 is 15.0 Å². The largest absolute Gasteiger partial charge is 0.395 e. The van der Waals surface area contributed by atoms with Crippen LogP contribution < -0.4 is 4.90 Å². The van der Waals surface area contributed by atoms with Crippen LogP contribution in [0.1, 0.15) is 17.0 Å². The smallest absolute Gasteiger partial charge is 0.128 e. The van der Waals surface area contributed by atoms with Gasteiger partial charge in [0.2, 0.25) is 0 Å². The van der Waals surface area contributed by atoms with Crippen molar-refractivity contribution >= 4 is 16.7 Å². The lowest BCUT2D eigenvalue weighted by molar-refractivity contribution is 0.188. The molecule has 6 heteroatoms. The fourth-order valence-electron chi connectivity index (χ4n) is 4.87. The van der Waals surface area contributed by atoms with Gasteiger partial charge in [-0.2, -0.15) is 0 Å². The number of fused-ring (bicyclic) bond motifs is 1. The average Bonchev–Trinajstić information content (AvgIpc) is 3.15. The van der Waals surface area contributed by atoms with E-state index in [1.807, 2.05) is 20.0 Å². The first-order valence-electron chi connectivity index (χ1n) is 11.6. The fourth-order valence-corrected chi connectivity index (χ4v) is 4.87. The molecule has 1 aliphatic heterocycles. The molecule has 0 amide bonds. The van der Waals surface area contributed by atoms with E-state index in [4.69, 9.17) is 10.1 Å². The molecule has 6 nitrogen and oxygen atoms in total. The van der Waals surface area contributed by atoms with Gasteiger partial charge in [0.25, 0.3) is 0 Å². The lowest BCUT2D eigenvalue weighted by atomic mass is 10.0. The number of aromatic nitrogens is 3. The number of benzene rings is 1. The van der Waals surface area contributed by atoms with Crippen LogP contribution in [0.15, 0.2) is 48.7 Å². The molecule has 4 aromatic rings. The second-order valence-corrected chi connectivity index (χ2v) is 8.98. The number of piperazine rings is 1. The number of hydrogen-bond acceptors (Lipinski definition) is 5. The Bertz CT molecular complexity index is 1250. The van der Waals surface area contributed by atoms with Crippen molar-refractivity contribution in [1.29, 1.82) is 0 Å². The summed E-state index contributed by atoms with van der Waals surface area (Å²) in [4.78, 5) is 17.5. The van der Waals surface area contributed by atoms with Gasteiger partial charge in [0.1, 0.15) is 5.82 Å². The van der Waals surface area contributed by atoms with E-state index in [1.165, 1.54) is 16.5 Å². The van der Waals surface area contributed by atoms with Crippen LogP contribution in [0.3, 0.4) is 0 Å². The molecule has 0 radical (unpaired) electrons. The third-order valence-electron chi connectivity index (χ3n) is 6.62. The van der Waals surface area contributed by atoms with E-state index in [9.17, 15) is 0 Å². The van der Waals surface area contributed by atoms with E-state index in [0.29, 0.717) is 0 Å². The normalized spacial score (nSPS) is 14.8. The number of H-pyrrole nitrogens is 1. The Morgan fingerprint density at radius 2 is 1.61 bits per heavy atom. The molecule has 0 unspecified atom stereocenters. The van der Waals surface area contributed by atoms with E-state index < -0.39 is 0 Å². The number of aryl methyl sites for hydroxylation is 3. The topological polar surface area (TPSA) is 68.3 Å². The van der Waals surface area contributed by atoms with Gasteiger partial charge in [0.05, 0.1) is 6.61 Å². The number of nitrogens with one attached hydrogen (secondary N) is 1. The average molecular weight is 442 g/mol. The lowest BCUT2D eigenvalue weighted by Gasteiger charge is -2.35. The highest BCUT2D eigenvalue weighted by molar-refractivity contribution is 5.93. The summed E-state index contributed by atoms with van der Waals surface area (Å²) in [5.41, 5.74) is 9.07. The van der Waals surface area contributed by atoms with E-state index in [1.54, 1.807) is 0 Å². The third-order valence-corrected chi connectivity index (χ3v) is 6.62. The summed E-state index contributed by atoms with van der Waals surface area (Å²) in [6.45, 7) is 11.0. The van der Waals surface area contributed by atoms with E-state index in [0.717, 1.165) is 72.3 Å². The molecular formula is C27H31N5O. The van der Waals surface area contributed by atoms with Crippen molar-refractivity contribution in [2.24, 2.45) is 0 Å². The maximum atomic E-state index is 9.13. The summed E-state index contributed by atoms with van der Waals surface area (Å²) in [6.07, 6.45) is 1.98. The number of β-amino-alcohol motifs (C(OH)–C–C–N with tert-alkyl or cyclic N) is 1. The highest BCUT2D eigenvalue weighted by Gasteiger charge is 2.18. The molecule has 170 valence electrons. The van der Waals surface area contributed by atoms with Gasteiger partial charge in [-0.3, -0.25) is 9.88 Å². The van der Waals surface area contributed by atoms with Gasteiger partial charge in [-0.05, 0) is 62.2 Å². The Morgan fingerprint density at radius 1 is 0.879 bits per heavy atom. The standard InChI is InChI=1S/C27H31N5O/c1-18-14-23(15-19(2)29-18)27-20(3)24-6-4-21(16-25(24)30-27)22-5-7-26(28-17-22)32-10-8-31(9-11-32)12-13-33/h4-7,14-17,30,33H,8-13H2,1-3H3. The predicted molar refractivity (Wildman–Crippen MR) is 135 cm³/mol. The van der Waals surface area contributed by atoms with Crippen LogP contribution in [0.5, 0.6) is 0 Å². The number of anilines is 1. The van der Waals surface area contributed by atoms with Gasteiger partial charge >= 0.3 is 0 Å². The molecule has 2 N–H and O–H groups in total. The van der Waals surface area contributed by atoms with Crippen molar-refractivity contribution in [3.8, 4) is 22.4 Å². The molecule has 0 bridgehead atoms. The van der Waals surface area contributed by atoms with Gasteiger partial charge in [-0.1, -0.05) is 12.1 Å². The number of pyridine rings is 2. The van der Waals surface area contributed by atoms with Crippen molar-refractivity contribution in [2.75, 3.05) is 44.2 Å². The first-order chi connectivity index (χ1) is 16.0. The molecular weight excluding hydrogens is 410 g/mol. The van der Waals surface area contributed by atoms with Gasteiger partial charge in [-0.25, -0.2) is 4.98 Å². The van der Waals surface area contributed by atoms with Gasteiger partial charge in [0.15, 0.2) is 0 Å². The van der Waals surface area contributed by atoms with Crippen molar-refractivity contribution in [1.82, 2.24) is 19.9 Å². The minimum absolute atomic E-state index is 0.223. The number of aromatic amines is 1. The number of nitrogens with zero attached hydrogens (tertiary/aromatic N) is 4. The zero-order valence-electron chi connectivity index (χ0n) is 19.6. The van der Waals surface area contributed by atoms with E-state index in [2.05, 4.69) is 69.2 Å². The Hall–Kier alpha value is -3.22. The molecule has 3 aromatic heterocycles. The lowest BCUT2D eigenvalue weighted by Crippen LogP contribution is -2.47. The molecule has 1 aliphatic rings. The van der Waals surface area contributed by atoms with Crippen LogP contribution in [0.4, 0.5) is 5.82 Å². The highest BCUT2D eigenvalue weighted by Crippen LogP contribution is 2.33. The van der Waals surface area contributed by atoms with Gasteiger partial charge in [-0.15, -0.1) is 0 Å². The minimum atomic E-state index is 0.223. The number of aliphatic hydroxyl groups excluding tert-OH is 1. The number of rotatable bonds is 5. The Labute approximate surface area is 194 Å². The fraction of sp³-hybridized carbons (Fsp3) is 0.333. The maximum absolute atomic E-state index is 9.13. The molecule has 0 spiro atoms. The molecule has 1 fully saturated rings. The summed E-state index contributed by atoms with van der Waals surface area (Å²) in [6, 6.07) is 15.2. The molecule has 0 aliphatic carbocycles. The molecule has 0 atom stereocenters. The maximum Gasteiger partial charge on any atom is 0.128 e. The van der Waals surface area contributed by atoms with Crippen LogP contribution >= 0.6 is 0 Å². The summed E-state index contributed by atoms with van der Waals surface area (Å²) < 4.78 is 0. The van der Waals surface area contributed by atoms with Crippen molar-refractivity contribution in [2.45, 2.75) is 20.8 Å². The summed E-state index contributed by atoms with van der Waals surface area (Å²) in [5.74, 6) is 1.02. The van der Waals surface area contributed by atoms with Crippen LogP contribution in [-0.4, -0.2) is 64.3 Å². The summed E-state index contributed by atoms with van der Waals surface area (Å²) >= 11 is 0. The van der Waals surface area contributed by atoms with Crippen LogP contribution in [-0.2, 0) is 0 Å². The van der Waals surface area contributed by atoms with Gasteiger partial charge in [0, 0.05) is 78.0 Å². The molecule has 33 heavy (non-hydrogen) atoms. The second kappa shape index (κ2) is 8.96. The van der Waals surface area contributed by atoms with E-state index in [-0.39, 0.29) is 6.61 Å². The minimum Gasteiger partial charge on any atom is -0.395 e. The van der Waals surface area contributed by atoms with Crippen molar-refractivity contribution in [3.63, 3.8) is 0 Å². The number of aliphatic hydroxyl groups is 1. The molecule has 1 aromatic carbocycles. The zero-order valence-corrected chi connectivity index (χ0v) is 19.6. The predicted octanol–water partition coefficient (Wildman–Crippen LogP) is 4.33.